The van der Waals surface area contributed by atoms with Gasteiger partial charge in [0.2, 0.25) is 0 Å². The first-order valence-corrected chi connectivity index (χ1v) is 8.52. The third-order valence-electron chi connectivity index (χ3n) is 3.04. The van der Waals surface area contributed by atoms with E-state index in [1.54, 1.807) is 0 Å². The second-order valence-corrected chi connectivity index (χ2v) is 7.08. The van der Waals surface area contributed by atoms with Crippen LogP contribution in [0.3, 0.4) is 0 Å². The normalized spacial score (nSPS) is 22.9. The highest BCUT2D eigenvalue weighted by atomic mass is 79.9. The van der Waals surface area contributed by atoms with Crippen molar-refractivity contribution in [1.29, 1.82) is 0 Å². The highest BCUT2D eigenvalue weighted by Gasteiger charge is 2.35. The Morgan fingerprint density at radius 2 is 2.11 bits per heavy atom. The second-order valence-electron chi connectivity index (χ2n) is 4.40. The SMILES string of the molecule is CC1CCCCN1S(=O)(=O)N(CCBr)CC(F)F. The van der Waals surface area contributed by atoms with Crippen LogP contribution in [0.1, 0.15) is 26.2 Å². The van der Waals surface area contributed by atoms with Gasteiger partial charge in [-0.3, -0.25) is 0 Å². The van der Waals surface area contributed by atoms with Gasteiger partial charge in [0.1, 0.15) is 0 Å². The van der Waals surface area contributed by atoms with E-state index in [2.05, 4.69) is 15.9 Å². The molecular weight excluding hydrogens is 330 g/mol. The fraction of sp³-hybridized carbons (Fsp3) is 1.00. The summed E-state index contributed by atoms with van der Waals surface area (Å²) in [5.74, 6) is 0. The average molecular weight is 349 g/mol. The smallest absolute Gasteiger partial charge is 0.209 e. The molecule has 8 heteroatoms. The van der Waals surface area contributed by atoms with Crippen LogP contribution in [0.4, 0.5) is 8.78 Å². The Balaban J connectivity index is 2.85. The third kappa shape index (κ3) is 4.11. The van der Waals surface area contributed by atoms with Crippen LogP contribution in [0.15, 0.2) is 0 Å². The van der Waals surface area contributed by atoms with Crippen LogP contribution in [0.2, 0.25) is 0 Å². The zero-order chi connectivity index (χ0) is 13.8. The third-order valence-corrected chi connectivity index (χ3v) is 5.51. The van der Waals surface area contributed by atoms with Gasteiger partial charge in [-0.1, -0.05) is 22.4 Å². The number of rotatable bonds is 6. The number of alkyl halides is 3. The molecule has 0 aromatic carbocycles. The van der Waals surface area contributed by atoms with Crippen molar-refractivity contribution in [2.45, 2.75) is 38.7 Å². The van der Waals surface area contributed by atoms with Gasteiger partial charge in [0.25, 0.3) is 16.6 Å². The summed E-state index contributed by atoms with van der Waals surface area (Å²) >= 11 is 3.10. The van der Waals surface area contributed by atoms with Crippen LogP contribution in [-0.2, 0) is 10.2 Å². The zero-order valence-electron chi connectivity index (χ0n) is 10.4. The van der Waals surface area contributed by atoms with Gasteiger partial charge in [-0.05, 0) is 19.8 Å². The largest absolute Gasteiger partial charge is 0.282 e. The Morgan fingerprint density at radius 3 is 2.61 bits per heavy atom. The minimum absolute atomic E-state index is 0.0654. The molecule has 1 atom stereocenters. The van der Waals surface area contributed by atoms with Gasteiger partial charge in [-0.15, -0.1) is 0 Å². The summed E-state index contributed by atoms with van der Waals surface area (Å²) in [4.78, 5) is 0. The Bertz CT molecular complexity index is 354. The van der Waals surface area contributed by atoms with Gasteiger partial charge < -0.3 is 0 Å². The molecule has 0 spiro atoms. The first-order chi connectivity index (χ1) is 8.39. The molecule has 1 aliphatic rings. The molecule has 0 aliphatic carbocycles. The van der Waals surface area contributed by atoms with Gasteiger partial charge in [0.05, 0.1) is 6.54 Å². The zero-order valence-corrected chi connectivity index (χ0v) is 12.8. The minimum Gasteiger partial charge on any atom is -0.209 e. The number of hydrogen-bond donors (Lipinski definition) is 0. The van der Waals surface area contributed by atoms with E-state index in [0.29, 0.717) is 11.9 Å². The van der Waals surface area contributed by atoms with Gasteiger partial charge in [0, 0.05) is 24.5 Å². The summed E-state index contributed by atoms with van der Waals surface area (Å²) in [6.07, 6.45) is -0.0874. The fourth-order valence-corrected chi connectivity index (χ4v) is 4.61. The standard InChI is InChI=1S/C10H19BrF2N2O2S/c1-9-4-2-3-6-15(9)18(16,17)14(7-5-11)8-10(12)13/h9-10H,2-8H2,1H3. The maximum absolute atomic E-state index is 12.5. The maximum atomic E-state index is 12.5. The van der Waals surface area contributed by atoms with Crippen molar-refractivity contribution >= 4 is 26.1 Å². The van der Waals surface area contributed by atoms with Crippen molar-refractivity contribution in [2.24, 2.45) is 0 Å². The lowest BCUT2D eigenvalue weighted by Crippen LogP contribution is -2.51. The molecule has 0 bridgehead atoms. The molecule has 108 valence electrons. The summed E-state index contributed by atoms with van der Waals surface area (Å²) in [6, 6.07) is -0.112. The van der Waals surface area contributed by atoms with E-state index in [1.807, 2.05) is 6.92 Å². The molecule has 1 fully saturated rings. The van der Waals surface area contributed by atoms with Gasteiger partial charge in [-0.25, -0.2) is 8.78 Å². The van der Waals surface area contributed by atoms with Crippen LogP contribution in [0.25, 0.3) is 0 Å². The highest BCUT2D eigenvalue weighted by Crippen LogP contribution is 2.22. The molecule has 0 saturated carbocycles. The lowest BCUT2D eigenvalue weighted by Gasteiger charge is -2.36. The van der Waals surface area contributed by atoms with Crippen LogP contribution in [-0.4, -0.2) is 54.5 Å². The van der Waals surface area contributed by atoms with Crippen molar-refractivity contribution < 1.29 is 17.2 Å². The molecule has 1 unspecified atom stereocenters. The molecule has 0 aromatic heterocycles. The molecule has 1 aliphatic heterocycles. The van der Waals surface area contributed by atoms with Crippen molar-refractivity contribution in [2.75, 3.05) is 25.0 Å². The van der Waals surface area contributed by atoms with E-state index in [0.717, 1.165) is 23.6 Å². The first kappa shape index (κ1) is 16.3. The van der Waals surface area contributed by atoms with Crippen LogP contribution >= 0.6 is 15.9 Å². The average Bonchev–Trinajstić information content (AvgIpc) is 2.28. The molecule has 0 N–H and O–H groups in total. The maximum Gasteiger partial charge on any atom is 0.282 e. The molecule has 1 heterocycles. The quantitative estimate of drug-likeness (QED) is 0.689. The predicted molar refractivity (Wildman–Crippen MR) is 70.3 cm³/mol. The van der Waals surface area contributed by atoms with Crippen molar-refractivity contribution in [1.82, 2.24) is 8.61 Å². The fourth-order valence-electron chi connectivity index (χ4n) is 2.11. The second kappa shape index (κ2) is 7.12. The topological polar surface area (TPSA) is 40.6 Å². The lowest BCUT2D eigenvalue weighted by atomic mass is 10.1. The number of halogens is 3. The molecule has 1 saturated heterocycles. The van der Waals surface area contributed by atoms with Crippen LogP contribution in [0.5, 0.6) is 0 Å². The lowest BCUT2D eigenvalue weighted by molar-refractivity contribution is 0.116. The summed E-state index contributed by atoms with van der Waals surface area (Å²) in [6.45, 7) is 1.57. The van der Waals surface area contributed by atoms with Gasteiger partial charge in [0.15, 0.2) is 0 Å². The van der Waals surface area contributed by atoms with E-state index >= 15 is 0 Å². The molecule has 0 aromatic rings. The minimum atomic E-state index is -3.77. The number of hydrogen-bond acceptors (Lipinski definition) is 2. The number of piperidine rings is 1. The summed E-state index contributed by atoms with van der Waals surface area (Å²) in [5.41, 5.74) is 0. The highest BCUT2D eigenvalue weighted by molar-refractivity contribution is 9.09. The van der Waals surface area contributed by atoms with Crippen molar-refractivity contribution in [3.8, 4) is 0 Å². The van der Waals surface area contributed by atoms with Crippen molar-refractivity contribution in [3.05, 3.63) is 0 Å². The molecule has 1 rings (SSSR count). The monoisotopic (exact) mass is 348 g/mol. The summed E-state index contributed by atoms with van der Waals surface area (Å²) in [5, 5.41) is 0.348. The van der Waals surface area contributed by atoms with Gasteiger partial charge in [-0.2, -0.15) is 17.0 Å². The molecule has 0 radical (unpaired) electrons. The number of nitrogens with zero attached hydrogens (tertiary/aromatic N) is 2. The Morgan fingerprint density at radius 1 is 1.44 bits per heavy atom. The van der Waals surface area contributed by atoms with E-state index in [9.17, 15) is 17.2 Å². The van der Waals surface area contributed by atoms with Gasteiger partial charge >= 0.3 is 0 Å². The van der Waals surface area contributed by atoms with E-state index in [4.69, 9.17) is 0 Å². The van der Waals surface area contributed by atoms with Crippen molar-refractivity contribution in [3.63, 3.8) is 0 Å². The summed E-state index contributed by atoms with van der Waals surface area (Å²) < 4.78 is 51.8. The molecule has 4 nitrogen and oxygen atoms in total. The first-order valence-electron chi connectivity index (χ1n) is 6.00. The Kier molecular flexibility index (Phi) is 6.43. The Labute approximate surface area is 116 Å². The van der Waals surface area contributed by atoms with E-state index in [-0.39, 0.29) is 12.6 Å². The van der Waals surface area contributed by atoms with E-state index in [1.165, 1.54) is 4.31 Å². The summed E-state index contributed by atoms with van der Waals surface area (Å²) in [7, 11) is -3.77. The molecule has 18 heavy (non-hydrogen) atoms. The molecular formula is C10H19BrF2N2O2S. The Hall–Kier alpha value is 0.210. The van der Waals surface area contributed by atoms with Crippen LogP contribution in [0, 0.1) is 0 Å². The molecule has 0 amide bonds. The predicted octanol–water partition coefficient (Wildman–Crippen LogP) is 2.07. The van der Waals surface area contributed by atoms with Crippen LogP contribution < -0.4 is 0 Å². The van der Waals surface area contributed by atoms with E-state index < -0.39 is 23.2 Å².